The van der Waals surface area contributed by atoms with Crippen molar-refractivity contribution in [3.05, 3.63) is 45.9 Å². The number of carbonyl (C=O) groups excluding carboxylic acids is 1. The van der Waals surface area contributed by atoms with E-state index in [0.717, 1.165) is 34.1 Å². The van der Waals surface area contributed by atoms with Crippen LogP contribution < -0.4 is 14.8 Å². The maximum atomic E-state index is 13.5. The van der Waals surface area contributed by atoms with Crippen LogP contribution in [-0.2, 0) is 27.7 Å². The van der Waals surface area contributed by atoms with Gasteiger partial charge in [0, 0.05) is 29.3 Å². The molecular weight excluding hydrogens is 508 g/mol. The fourth-order valence-corrected chi connectivity index (χ4v) is 6.42. The number of hydrogen-bond acceptors (Lipinski definition) is 5. The molecule has 9 heteroatoms. The van der Waals surface area contributed by atoms with Crippen LogP contribution in [0.1, 0.15) is 37.8 Å². The zero-order valence-electron chi connectivity index (χ0n) is 19.5. The van der Waals surface area contributed by atoms with Crippen LogP contribution in [0.2, 0.25) is 0 Å². The van der Waals surface area contributed by atoms with Crippen molar-refractivity contribution < 1.29 is 22.7 Å². The predicted molar refractivity (Wildman–Crippen MR) is 133 cm³/mol. The van der Waals surface area contributed by atoms with Crippen molar-refractivity contribution in [1.29, 1.82) is 0 Å². The Morgan fingerprint density at radius 1 is 1.12 bits per heavy atom. The summed E-state index contributed by atoms with van der Waals surface area (Å²) in [6.07, 6.45) is 2.80. The third-order valence-electron chi connectivity index (χ3n) is 6.02. The number of sulfonamides is 1. The van der Waals surface area contributed by atoms with Crippen molar-refractivity contribution in [2.24, 2.45) is 5.92 Å². The summed E-state index contributed by atoms with van der Waals surface area (Å²) >= 11 is 3.54. The monoisotopic (exact) mass is 538 g/mol. The first-order valence-electron chi connectivity index (χ1n) is 11.1. The summed E-state index contributed by atoms with van der Waals surface area (Å²) in [7, 11) is -0.950. The van der Waals surface area contributed by atoms with E-state index in [1.807, 2.05) is 26.0 Å². The number of nitrogens with zero attached hydrogens (tertiary/aromatic N) is 1. The van der Waals surface area contributed by atoms with Crippen molar-refractivity contribution in [2.45, 2.75) is 44.4 Å². The molecule has 0 saturated carbocycles. The van der Waals surface area contributed by atoms with E-state index in [0.29, 0.717) is 25.1 Å². The number of methoxy groups -OCH3 is 2. The van der Waals surface area contributed by atoms with Crippen molar-refractivity contribution in [3.8, 4) is 11.5 Å². The van der Waals surface area contributed by atoms with Crippen LogP contribution in [-0.4, -0.2) is 45.9 Å². The van der Waals surface area contributed by atoms with E-state index >= 15 is 0 Å². The Hall–Kier alpha value is -2.10. The van der Waals surface area contributed by atoms with E-state index in [1.54, 1.807) is 12.1 Å². The number of hydrogen-bond donors (Lipinski definition) is 1. The highest BCUT2D eigenvalue weighted by atomic mass is 79.9. The molecule has 3 rings (SSSR count). The number of amides is 1. The number of carbonyl (C=O) groups is 1. The fraction of sp³-hybridized carbons (Fsp3) is 0.458. The molecule has 1 N–H and O–H groups in total. The highest BCUT2D eigenvalue weighted by Crippen LogP contribution is 2.33. The van der Waals surface area contributed by atoms with Crippen LogP contribution in [0.3, 0.4) is 0 Å². The Morgan fingerprint density at radius 2 is 1.79 bits per heavy atom. The highest BCUT2D eigenvalue weighted by molar-refractivity contribution is 9.10. The third-order valence-corrected chi connectivity index (χ3v) is 8.36. The molecule has 1 fully saturated rings. The third kappa shape index (κ3) is 5.53. The number of nitrogens with one attached hydrogen (secondary N) is 1. The Kier molecular flexibility index (Phi) is 8.42. The number of benzene rings is 2. The molecule has 1 amide bonds. The molecule has 180 valence electrons. The molecule has 0 bridgehead atoms. The van der Waals surface area contributed by atoms with Crippen molar-refractivity contribution in [1.82, 2.24) is 4.31 Å². The molecule has 1 aliphatic heterocycles. The number of piperidine rings is 1. The van der Waals surface area contributed by atoms with Crippen LogP contribution >= 0.6 is 15.9 Å². The van der Waals surface area contributed by atoms with Gasteiger partial charge in [0.25, 0.3) is 0 Å². The summed E-state index contributed by atoms with van der Waals surface area (Å²) in [4.78, 5) is 13.3. The van der Waals surface area contributed by atoms with E-state index in [-0.39, 0.29) is 23.1 Å². The first kappa shape index (κ1) is 25.5. The predicted octanol–water partition coefficient (Wildman–Crippen LogP) is 4.63. The topological polar surface area (TPSA) is 84.9 Å². The highest BCUT2D eigenvalue weighted by Gasteiger charge is 2.35. The zero-order valence-corrected chi connectivity index (χ0v) is 21.9. The van der Waals surface area contributed by atoms with E-state index in [9.17, 15) is 13.2 Å². The van der Waals surface area contributed by atoms with Gasteiger partial charge in [-0.25, -0.2) is 8.42 Å². The molecule has 1 atom stereocenters. The Morgan fingerprint density at radius 3 is 2.36 bits per heavy atom. The molecule has 2 aromatic rings. The van der Waals surface area contributed by atoms with E-state index in [1.165, 1.54) is 24.6 Å². The smallest absolute Gasteiger partial charge is 0.246 e. The summed E-state index contributed by atoms with van der Waals surface area (Å²) in [6.45, 7) is 4.57. The molecule has 0 spiro atoms. The quantitative estimate of drug-likeness (QED) is 0.529. The van der Waals surface area contributed by atoms with Crippen molar-refractivity contribution in [3.63, 3.8) is 0 Å². The van der Waals surface area contributed by atoms with Crippen LogP contribution in [0.25, 0.3) is 0 Å². The molecule has 1 aliphatic rings. The zero-order chi connectivity index (χ0) is 24.2. The second-order valence-corrected chi connectivity index (χ2v) is 10.8. The molecular formula is C24H31BrN2O5S. The first-order valence-corrected chi connectivity index (χ1v) is 13.3. The van der Waals surface area contributed by atoms with Crippen molar-refractivity contribution in [2.75, 3.05) is 32.6 Å². The minimum atomic E-state index is -3.87. The number of ether oxygens (including phenoxy) is 2. The van der Waals surface area contributed by atoms with Gasteiger partial charge in [0.2, 0.25) is 15.9 Å². The lowest BCUT2D eigenvalue weighted by Crippen LogP contribution is -2.43. The molecule has 1 saturated heterocycles. The minimum Gasteiger partial charge on any atom is -0.497 e. The van der Waals surface area contributed by atoms with Gasteiger partial charge in [-0.1, -0.05) is 29.8 Å². The van der Waals surface area contributed by atoms with E-state index in [4.69, 9.17) is 9.47 Å². The summed E-state index contributed by atoms with van der Waals surface area (Å²) in [5, 5.41) is 3.10. The maximum absolute atomic E-state index is 13.5. The average Bonchev–Trinajstić information content (AvgIpc) is 2.84. The lowest BCUT2D eigenvalue weighted by atomic mass is 9.97. The Balaban J connectivity index is 1.85. The van der Waals surface area contributed by atoms with Crippen LogP contribution in [0.4, 0.5) is 5.69 Å². The molecule has 7 nitrogen and oxygen atoms in total. The molecule has 2 aromatic carbocycles. The van der Waals surface area contributed by atoms with Crippen molar-refractivity contribution >= 4 is 37.5 Å². The maximum Gasteiger partial charge on any atom is 0.246 e. The Labute approximate surface area is 204 Å². The number of rotatable bonds is 8. The SMILES string of the molecule is CCc1cc(Br)cc(CC)c1NC(=O)[C@H]1CCCN(S(=O)(=O)c2cc(OC)ccc2OC)C1. The van der Waals surface area contributed by atoms with Gasteiger partial charge in [0.15, 0.2) is 0 Å². The lowest BCUT2D eigenvalue weighted by Gasteiger charge is -2.32. The van der Waals surface area contributed by atoms with Gasteiger partial charge in [-0.15, -0.1) is 0 Å². The normalized spacial score (nSPS) is 16.9. The summed E-state index contributed by atoms with van der Waals surface area (Å²) in [6, 6.07) is 8.72. The molecule has 33 heavy (non-hydrogen) atoms. The number of aryl methyl sites for hydroxylation is 2. The summed E-state index contributed by atoms with van der Waals surface area (Å²) in [5.41, 5.74) is 2.94. The molecule has 0 unspecified atom stereocenters. The molecule has 0 aliphatic carbocycles. The second-order valence-electron chi connectivity index (χ2n) is 8.01. The number of anilines is 1. The first-order chi connectivity index (χ1) is 15.7. The minimum absolute atomic E-state index is 0.0415. The largest absolute Gasteiger partial charge is 0.497 e. The summed E-state index contributed by atoms with van der Waals surface area (Å²) in [5.74, 6) is 0.0786. The van der Waals surface area contributed by atoms with Gasteiger partial charge in [-0.05, 0) is 61.1 Å². The average molecular weight is 539 g/mol. The van der Waals surface area contributed by atoms with Gasteiger partial charge in [0.05, 0.1) is 20.1 Å². The van der Waals surface area contributed by atoms with Gasteiger partial charge in [-0.3, -0.25) is 4.79 Å². The summed E-state index contributed by atoms with van der Waals surface area (Å²) < 4.78 is 39.8. The van der Waals surface area contributed by atoms with Crippen LogP contribution in [0.15, 0.2) is 39.7 Å². The van der Waals surface area contributed by atoms with Crippen LogP contribution in [0.5, 0.6) is 11.5 Å². The number of halogens is 1. The van der Waals surface area contributed by atoms with Gasteiger partial charge in [0.1, 0.15) is 16.4 Å². The fourth-order valence-electron chi connectivity index (χ4n) is 4.17. The molecule has 0 radical (unpaired) electrons. The van der Waals surface area contributed by atoms with Gasteiger partial charge >= 0.3 is 0 Å². The molecule has 0 aromatic heterocycles. The van der Waals surface area contributed by atoms with Gasteiger partial charge < -0.3 is 14.8 Å². The van der Waals surface area contributed by atoms with Crippen LogP contribution in [0, 0.1) is 5.92 Å². The van der Waals surface area contributed by atoms with E-state index in [2.05, 4.69) is 21.2 Å². The Bertz CT molecular complexity index is 1090. The molecule has 1 heterocycles. The standard InChI is InChI=1S/C24H31BrN2O5S/c1-5-16-12-19(25)13-17(6-2)23(16)26-24(28)18-8-7-11-27(15-18)33(29,30)22-14-20(31-3)9-10-21(22)32-4/h9-10,12-14,18H,5-8,11,15H2,1-4H3,(H,26,28)/t18-/m0/s1. The van der Waals surface area contributed by atoms with Gasteiger partial charge in [-0.2, -0.15) is 4.31 Å². The van der Waals surface area contributed by atoms with E-state index < -0.39 is 15.9 Å². The lowest BCUT2D eigenvalue weighted by molar-refractivity contribution is -0.120. The second kappa shape index (κ2) is 10.9.